The summed E-state index contributed by atoms with van der Waals surface area (Å²) in [5.74, 6) is 0.786. The van der Waals surface area contributed by atoms with Gasteiger partial charge in [0.05, 0.1) is 16.5 Å². The number of nitrogens with zero attached hydrogens (tertiary/aromatic N) is 3. The van der Waals surface area contributed by atoms with Crippen molar-refractivity contribution in [1.29, 1.82) is 0 Å². The summed E-state index contributed by atoms with van der Waals surface area (Å²) in [6.07, 6.45) is 3.95. The van der Waals surface area contributed by atoms with Gasteiger partial charge in [0.25, 0.3) is 0 Å². The second-order valence-electron chi connectivity index (χ2n) is 5.95. The first-order valence-electron chi connectivity index (χ1n) is 8.49. The predicted octanol–water partition coefficient (Wildman–Crippen LogP) is 4.88. The largest absolute Gasteiger partial charge is 0.424 e. The molecule has 4 rings (SSSR count). The molecule has 2 heterocycles. The summed E-state index contributed by atoms with van der Waals surface area (Å²) in [5.41, 5.74) is 2.70. The Labute approximate surface area is 171 Å². The van der Waals surface area contributed by atoms with E-state index in [1.165, 1.54) is 11.8 Å². The summed E-state index contributed by atoms with van der Waals surface area (Å²) < 4.78 is 5.53. The van der Waals surface area contributed by atoms with Crippen molar-refractivity contribution in [3.8, 4) is 11.8 Å². The van der Waals surface area contributed by atoms with E-state index in [0.717, 1.165) is 22.7 Å². The van der Waals surface area contributed by atoms with E-state index in [0.29, 0.717) is 16.5 Å². The van der Waals surface area contributed by atoms with E-state index in [9.17, 15) is 4.79 Å². The number of carbonyl (C=O) groups is 1. The molecule has 0 aliphatic carbocycles. The average Bonchev–Trinajstić information content (AvgIpc) is 3.11. The molecule has 28 heavy (non-hydrogen) atoms. The van der Waals surface area contributed by atoms with Crippen molar-refractivity contribution in [2.24, 2.45) is 4.99 Å². The van der Waals surface area contributed by atoms with Gasteiger partial charge in [0, 0.05) is 29.5 Å². The van der Waals surface area contributed by atoms with Crippen LogP contribution in [0.4, 0.5) is 11.4 Å². The van der Waals surface area contributed by atoms with Gasteiger partial charge in [-0.1, -0.05) is 17.7 Å². The van der Waals surface area contributed by atoms with E-state index in [4.69, 9.17) is 16.3 Å². The monoisotopic (exact) mass is 410 g/mol. The highest BCUT2D eigenvalue weighted by Gasteiger charge is 2.16. The topological polar surface area (TPSA) is 76.5 Å². The minimum atomic E-state index is -0.0956. The first-order valence-corrected chi connectivity index (χ1v) is 9.86. The Kier molecular flexibility index (Phi) is 5.55. The van der Waals surface area contributed by atoms with Crippen molar-refractivity contribution in [2.45, 2.75) is 6.42 Å². The second kappa shape index (κ2) is 8.41. The molecule has 1 N–H and O–H groups in total. The maximum absolute atomic E-state index is 12.2. The van der Waals surface area contributed by atoms with Crippen LogP contribution < -0.4 is 10.1 Å². The van der Waals surface area contributed by atoms with E-state index in [1.54, 1.807) is 42.7 Å². The molecule has 3 aromatic rings. The van der Waals surface area contributed by atoms with Gasteiger partial charge in [-0.05, 0) is 48.0 Å². The van der Waals surface area contributed by atoms with Gasteiger partial charge in [-0.15, -0.1) is 11.8 Å². The summed E-state index contributed by atoms with van der Waals surface area (Å²) >= 11 is 7.42. The number of fused-ring (bicyclic) bond motifs is 1. The third-order valence-corrected chi connectivity index (χ3v) is 5.10. The fourth-order valence-corrected chi connectivity index (χ4v) is 3.56. The molecule has 0 spiro atoms. The molecule has 1 aromatic heterocycles. The molecule has 0 fully saturated rings. The Morgan fingerprint density at radius 3 is 2.71 bits per heavy atom. The van der Waals surface area contributed by atoms with Crippen molar-refractivity contribution in [3.05, 3.63) is 71.5 Å². The van der Waals surface area contributed by atoms with Crippen LogP contribution in [0.5, 0.6) is 11.8 Å². The van der Waals surface area contributed by atoms with E-state index in [1.807, 2.05) is 18.2 Å². The summed E-state index contributed by atoms with van der Waals surface area (Å²) in [7, 11) is 0. The highest BCUT2D eigenvalue weighted by molar-refractivity contribution is 8.14. The maximum Gasteiger partial charge on any atom is 0.321 e. The van der Waals surface area contributed by atoms with Crippen molar-refractivity contribution >= 4 is 45.7 Å². The van der Waals surface area contributed by atoms with Gasteiger partial charge in [-0.2, -0.15) is 0 Å². The van der Waals surface area contributed by atoms with Gasteiger partial charge in [0.15, 0.2) is 0 Å². The second-order valence-corrected chi connectivity index (χ2v) is 7.44. The number of rotatable bonds is 5. The van der Waals surface area contributed by atoms with Crippen LogP contribution in [0.15, 0.2) is 65.9 Å². The SMILES string of the molecule is O=C(CSC1=Nc2cc(Cl)ccc2C1)Nc1ccc(Oc2ncccn2)cc1. The molecule has 140 valence electrons. The average molecular weight is 411 g/mol. The smallest absolute Gasteiger partial charge is 0.321 e. The Morgan fingerprint density at radius 2 is 1.93 bits per heavy atom. The zero-order valence-corrected chi connectivity index (χ0v) is 16.2. The van der Waals surface area contributed by atoms with E-state index in [2.05, 4.69) is 20.3 Å². The highest BCUT2D eigenvalue weighted by Crippen LogP contribution is 2.32. The molecule has 1 aliphatic heterocycles. The number of aromatic nitrogens is 2. The first kappa shape index (κ1) is 18.5. The molecule has 1 aliphatic rings. The van der Waals surface area contributed by atoms with Crippen LogP contribution in [-0.4, -0.2) is 26.7 Å². The van der Waals surface area contributed by atoms with Gasteiger partial charge < -0.3 is 10.1 Å². The fourth-order valence-electron chi connectivity index (χ4n) is 2.61. The highest BCUT2D eigenvalue weighted by atomic mass is 35.5. The van der Waals surface area contributed by atoms with E-state index >= 15 is 0 Å². The van der Waals surface area contributed by atoms with Crippen LogP contribution in [-0.2, 0) is 11.2 Å². The first-order chi connectivity index (χ1) is 13.7. The van der Waals surface area contributed by atoms with Crippen molar-refractivity contribution in [1.82, 2.24) is 9.97 Å². The molecule has 1 amide bonds. The standard InChI is InChI=1S/C20H15ClN4O2S/c21-14-3-2-13-10-19(25-17(13)11-14)28-12-18(26)24-15-4-6-16(7-5-15)27-20-22-8-1-9-23-20/h1-9,11H,10,12H2,(H,24,26). The van der Waals surface area contributed by atoms with Gasteiger partial charge in [-0.3, -0.25) is 4.79 Å². The lowest BCUT2D eigenvalue weighted by Gasteiger charge is -2.07. The summed E-state index contributed by atoms with van der Waals surface area (Å²) in [5, 5.41) is 4.44. The maximum atomic E-state index is 12.2. The molecule has 6 nitrogen and oxygen atoms in total. The number of anilines is 1. The van der Waals surface area contributed by atoms with Crippen LogP contribution in [0.3, 0.4) is 0 Å². The molecule has 0 bridgehead atoms. The predicted molar refractivity (Wildman–Crippen MR) is 112 cm³/mol. The molecule has 8 heteroatoms. The number of aliphatic imine (C=N–C) groups is 1. The summed E-state index contributed by atoms with van der Waals surface area (Å²) in [6.45, 7) is 0. The van der Waals surface area contributed by atoms with E-state index < -0.39 is 0 Å². The molecule has 0 radical (unpaired) electrons. The van der Waals surface area contributed by atoms with Gasteiger partial charge >= 0.3 is 6.01 Å². The Hall–Kier alpha value is -2.90. The Balaban J connectivity index is 1.28. The number of thioether (sulfide) groups is 1. The zero-order chi connectivity index (χ0) is 19.3. The normalized spacial score (nSPS) is 12.2. The minimum Gasteiger partial charge on any atom is -0.424 e. The number of halogens is 1. The lowest BCUT2D eigenvalue weighted by molar-refractivity contribution is -0.113. The zero-order valence-electron chi connectivity index (χ0n) is 14.6. The molecular weight excluding hydrogens is 396 g/mol. The number of hydrogen-bond acceptors (Lipinski definition) is 6. The van der Waals surface area contributed by atoms with E-state index in [-0.39, 0.29) is 17.7 Å². The van der Waals surface area contributed by atoms with Crippen LogP contribution in [0.25, 0.3) is 0 Å². The number of carbonyl (C=O) groups excluding carboxylic acids is 1. The Morgan fingerprint density at radius 1 is 1.14 bits per heavy atom. The summed E-state index contributed by atoms with van der Waals surface area (Å²) in [4.78, 5) is 24.7. The molecule has 0 saturated heterocycles. The summed E-state index contributed by atoms with van der Waals surface area (Å²) in [6, 6.07) is 14.7. The Bertz CT molecular complexity index is 1030. The van der Waals surface area contributed by atoms with Crippen LogP contribution >= 0.6 is 23.4 Å². The van der Waals surface area contributed by atoms with Crippen molar-refractivity contribution in [2.75, 3.05) is 11.1 Å². The molecule has 0 saturated carbocycles. The fraction of sp³-hybridized carbons (Fsp3) is 0.100. The molecular formula is C20H15ClN4O2S. The van der Waals surface area contributed by atoms with Gasteiger partial charge in [0.1, 0.15) is 5.75 Å². The van der Waals surface area contributed by atoms with Crippen molar-refractivity contribution < 1.29 is 9.53 Å². The quantitative estimate of drug-likeness (QED) is 0.648. The molecule has 0 atom stereocenters. The van der Waals surface area contributed by atoms with Gasteiger partial charge in [-0.25, -0.2) is 15.0 Å². The van der Waals surface area contributed by atoms with Crippen LogP contribution in [0.1, 0.15) is 5.56 Å². The van der Waals surface area contributed by atoms with Crippen molar-refractivity contribution in [3.63, 3.8) is 0 Å². The lowest BCUT2D eigenvalue weighted by Crippen LogP contribution is -2.15. The van der Waals surface area contributed by atoms with Gasteiger partial charge in [0.2, 0.25) is 5.91 Å². The number of ether oxygens (including phenoxy) is 1. The third kappa shape index (κ3) is 4.68. The third-order valence-electron chi connectivity index (χ3n) is 3.89. The number of nitrogens with one attached hydrogen (secondary N) is 1. The number of benzene rings is 2. The number of hydrogen-bond donors (Lipinski definition) is 1. The van der Waals surface area contributed by atoms with Crippen LogP contribution in [0, 0.1) is 0 Å². The molecule has 2 aromatic carbocycles. The lowest BCUT2D eigenvalue weighted by atomic mass is 10.2. The minimum absolute atomic E-state index is 0.0956. The number of amides is 1. The van der Waals surface area contributed by atoms with Crippen LogP contribution in [0.2, 0.25) is 5.02 Å². The molecule has 0 unspecified atom stereocenters.